The van der Waals surface area contributed by atoms with Gasteiger partial charge in [0.1, 0.15) is 54.4 Å². The zero-order valence-electron chi connectivity index (χ0n) is 27.4. The Kier molecular flexibility index (Phi) is 16.5. The van der Waals surface area contributed by atoms with Crippen molar-refractivity contribution in [3.8, 4) is 0 Å². The lowest BCUT2D eigenvalue weighted by molar-refractivity contribution is -0.370. The molecule has 278 valence electrons. The van der Waals surface area contributed by atoms with Crippen molar-refractivity contribution in [2.45, 2.75) is 163 Å². The quantitative estimate of drug-likeness (QED) is 0.0610. The Bertz CT molecular complexity index is 897. The summed E-state index contributed by atoms with van der Waals surface area (Å²) in [5, 5.41) is 98.2. The van der Waals surface area contributed by atoms with Crippen LogP contribution in [0.4, 0.5) is 0 Å². The number of hydrogen-bond donors (Lipinski definition) is 12. The second kappa shape index (κ2) is 19.1. The monoisotopic (exact) mass is 685 g/mol. The first kappa shape index (κ1) is 40.7. The van der Waals surface area contributed by atoms with Crippen LogP contribution >= 0.6 is 0 Å². The Morgan fingerprint density at radius 1 is 0.745 bits per heavy atom. The molecule has 3 unspecified atom stereocenters. The second-order valence-corrected chi connectivity index (χ2v) is 12.9. The number of unbranched alkanes of at least 4 members (excludes halogenated alkanes) is 6. The van der Waals surface area contributed by atoms with Gasteiger partial charge in [-0.1, -0.05) is 52.4 Å². The number of rotatable bonds is 18. The maximum absolute atomic E-state index is 11.7. The largest absolute Gasteiger partial charge is 0.394 e. The van der Waals surface area contributed by atoms with Crippen LogP contribution < -0.4 is 16.8 Å². The number of nitrogens with two attached hydrogens (primary N) is 2. The zero-order chi connectivity index (χ0) is 34.9. The van der Waals surface area contributed by atoms with Crippen LogP contribution in [0.2, 0.25) is 0 Å². The number of aliphatic hydroxyl groups is 9. The first-order chi connectivity index (χ1) is 22.4. The van der Waals surface area contributed by atoms with Crippen LogP contribution in [0.25, 0.3) is 0 Å². The van der Waals surface area contributed by atoms with Gasteiger partial charge in [0.05, 0.1) is 44.1 Å². The molecule has 0 aromatic carbocycles. The average Bonchev–Trinajstić information content (AvgIpc) is 3.07. The number of ether oxygens (including phenoxy) is 5. The van der Waals surface area contributed by atoms with E-state index in [2.05, 4.69) is 12.2 Å². The maximum atomic E-state index is 11.7. The molecular formula is C30H59N3O14. The lowest BCUT2D eigenvalue weighted by Gasteiger charge is -2.52. The molecule has 0 spiro atoms. The molecule has 3 aliphatic heterocycles. The van der Waals surface area contributed by atoms with Crippen molar-refractivity contribution < 1.29 is 69.6 Å². The minimum atomic E-state index is -2.07. The van der Waals surface area contributed by atoms with Gasteiger partial charge in [-0.25, -0.2) is 0 Å². The van der Waals surface area contributed by atoms with Crippen LogP contribution in [0.1, 0.15) is 65.2 Å². The van der Waals surface area contributed by atoms with Crippen molar-refractivity contribution >= 4 is 0 Å². The van der Waals surface area contributed by atoms with Crippen molar-refractivity contribution in [1.29, 1.82) is 0 Å². The van der Waals surface area contributed by atoms with Gasteiger partial charge in [0.2, 0.25) is 0 Å². The lowest BCUT2D eigenvalue weighted by atomic mass is 9.81. The summed E-state index contributed by atoms with van der Waals surface area (Å²) in [6, 6.07) is -3.75. The van der Waals surface area contributed by atoms with E-state index >= 15 is 0 Å². The molecular weight excluding hydrogens is 626 g/mol. The fourth-order valence-electron chi connectivity index (χ4n) is 6.50. The Labute approximate surface area is 275 Å². The van der Waals surface area contributed by atoms with E-state index in [1.807, 2.05) is 0 Å². The summed E-state index contributed by atoms with van der Waals surface area (Å²) >= 11 is 0. The highest BCUT2D eigenvalue weighted by Gasteiger charge is 2.58. The summed E-state index contributed by atoms with van der Waals surface area (Å²) < 4.78 is 29.3. The van der Waals surface area contributed by atoms with E-state index in [9.17, 15) is 46.0 Å². The summed E-state index contributed by atoms with van der Waals surface area (Å²) in [6.45, 7) is 1.88. The molecule has 0 amide bonds. The fourth-order valence-corrected chi connectivity index (χ4v) is 6.50. The van der Waals surface area contributed by atoms with Gasteiger partial charge in [0, 0.05) is 0 Å². The van der Waals surface area contributed by atoms with E-state index < -0.39 is 117 Å². The van der Waals surface area contributed by atoms with Gasteiger partial charge in [-0.15, -0.1) is 0 Å². The number of aliphatic hydroxyl groups excluding tert-OH is 9. The normalized spacial score (nSPS) is 43.6. The summed E-state index contributed by atoms with van der Waals surface area (Å²) in [7, 11) is 0. The van der Waals surface area contributed by atoms with Crippen LogP contribution in [0.15, 0.2) is 0 Å². The molecule has 3 heterocycles. The first-order valence-corrected chi connectivity index (χ1v) is 16.9. The van der Waals surface area contributed by atoms with E-state index in [-0.39, 0.29) is 6.42 Å². The van der Waals surface area contributed by atoms with Crippen LogP contribution in [0.5, 0.6) is 0 Å². The molecule has 3 fully saturated rings. The van der Waals surface area contributed by atoms with Crippen LogP contribution in [0.3, 0.4) is 0 Å². The van der Waals surface area contributed by atoms with Gasteiger partial charge in [0.25, 0.3) is 0 Å². The third-order valence-corrected chi connectivity index (χ3v) is 9.58. The van der Waals surface area contributed by atoms with Gasteiger partial charge >= 0.3 is 0 Å². The van der Waals surface area contributed by atoms with E-state index in [0.717, 1.165) is 38.5 Å². The molecule has 0 saturated carbocycles. The molecule has 3 aliphatic rings. The highest BCUT2D eigenvalue weighted by molar-refractivity contribution is 5.06. The molecule has 0 aromatic rings. The molecule has 3 rings (SSSR count). The third kappa shape index (κ3) is 9.36. The Morgan fingerprint density at radius 2 is 1.32 bits per heavy atom. The number of nitrogens with one attached hydrogen (secondary N) is 1. The lowest BCUT2D eigenvalue weighted by Crippen LogP contribution is -2.74. The average molecular weight is 686 g/mol. The smallest absolute Gasteiger partial charge is 0.176 e. The molecule has 0 aromatic heterocycles. The van der Waals surface area contributed by atoms with Crippen molar-refractivity contribution in [1.82, 2.24) is 5.32 Å². The highest BCUT2D eigenvalue weighted by atomic mass is 16.7. The maximum Gasteiger partial charge on any atom is 0.176 e. The van der Waals surface area contributed by atoms with Crippen LogP contribution in [-0.2, 0) is 23.7 Å². The molecule has 17 nitrogen and oxygen atoms in total. The predicted molar refractivity (Wildman–Crippen MR) is 164 cm³/mol. The van der Waals surface area contributed by atoms with Gasteiger partial charge < -0.3 is 86.4 Å². The molecule has 0 bridgehead atoms. The molecule has 47 heavy (non-hydrogen) atoms. The molecule has 0 aliphatic carbocycles. The van der Waals surface area contributed by atoms with Gasteiger partial charge in [0.15, 0.2) is 18.9 Å². The predicted octanol–water partition coefficient (Wildman–Crippen LogP) is -4.15. The summed E-state index contributed by atoms with van der Waals surface area (Å²) in [6.07, 6.45) is -10.4. The summed E-state index contributed by atoms with van der Waals surface area (Å²) in [5.74, 6) is 0. The summed E-state index contributed by atoms with van der Waals surface area (Å²) in [5.41, 5.74) is 9.96. The van der Waals surface area contributed by atoms with E-state index in [1.54, 1.807) is 6.92 Å². The minimum Gasteiger partial charge on any atom is -0.394 e. The van der Waals surface area contributed by atoms with Gasteiger partial charge in [-0.05, 0) is 19.4 Å². The van der Waals surface area contributed by atoms with Crippen molar-refractivity contribution in [2.75, 3.05) is 26.4 Å². The van der Waals surface area contributed by atoms with E-state index in [1.165, 1.54) is 6.42 Å². The molecule has 16 atom stereocenters. The Balaban J connectivity index is 1.83. The van der Waals surface area contributed by atoms with Crippen molar-refractivity contribution in [3.63, 3.8) is 0 Å². The SMILES string of the molecule is CCCCCCCCCN[C@H]1[C@H](OC2[C@@H](CO)O[C@@H](O)[C@H](N)[C@H]2O)O[C@H](CO)C(O[C@H]2O[C@](CO)(C(O)CC)[C@@H](O)[C@H](O)[C@H]2N)[C@@H]1O. The van der Waals surface area contributed by atoms with E-state index in [4.69, 9.17) is 35.2 Å². The molecule has 0 radical (unpaired) electrons. The van der Waals surface area contributed by atoms with Gasteiger partial charge in [-0.3, -0.25) is 0 Å². The van der Waals surface area contributed by atoms with Crippen LogP contribution in [0, 0.1) is 0 Å². The molecule has 14 N–H and O–H groups in total. The standard InChI is InChI=1S/C30H59N3O14/c1-3-5-6-7-8-9-10-11-33-20-23(40)25(45-28-19(32)22(39)26(41)30(14-36,47-28)17(37)4-2)16(13-35)44-29(20)46-24-15(12-34)43-27(42)18(31)21(24)38/h15-29,33-42H,3-14,31-32H2,1-2H3/t15-,16-,17?,18-,19-,20-,21-,22-,23-,24?,25?,26+,27-,28+,29+,30-/m1/s1. The topological polar surface area (TPSA) is 292 Å². The highest BCUT2D eigenvalue weighted by Crippen LogP contribution is 2.36. The van der Waals surface area contributed by atoms with Crippen LogP contribution in [-0.4, -0.2) is 170 Å². The number of hydrogen-bond acceptors (Lipinski definition) is 17. The first-order valence-electron chi connectivity index (χ1n) is 16.9. The molecule has 17 heteroatoms. The summed E-state index contributed by atoms with van der Waals surface area (Å²) in [4.78, 5) is 0. The van der Waals surface area contributed by atoms with Gasteiger partial charge in [-0.2, -0.15) is 0 Å². The fraction of sp³-hybridized carbons (Fsp3) is 1.00. The minimum absolute atomic E-state index is 0.0383. The Hall–Kier alpha value is -0.680. The third-order valence-electron chi connectivity index (χ3n) is 9.58. The van der Waals surface area contributed by atoms with E-state index in [0.29, 0.717) is 6.54 Å². The second-order valence-electron chi connectivity index (χ2n) is 12.9. The van der Waals surface area contributed by atoms with Crippen molar-refractivity contribution in [2.24, 2.45) is 11.5 Å². The zero-order valence-corrected chi connectivity index (χ0v) is 27.4. The van der Waals surface area contributed by atoms with Crippen molar-refractivity contribution in [3.05, 3.63) is 0 Å². The molecule has 3 saturated heterocycles. The Morgan fingerprint density at radius 3 is 1.91 bits per heavy atom.